The summed E-state index contributed by atoms with van der Waals surface area (Å²) in [5.74, 6) is -0.221. The van der Waals surface area contributed by atoms with E-state index < -0.39 is 5.97 Å². The number of imidazole rings is 1. The van der Waals surface area contributed by atoms with E-state index in [-0.39, 0.29) is 24.6 Å². The second-order valence-corrected chi connectivity index (χ2v) is 3.36. The summed E-state index contributed by atoms with van der Waals surface area (Å²) in [7, 11) is 0. The van der Waals surface area contributed by atoms with Crippen LogP contribution < -0.4 is 24.0 Å². The number of aromatic nitrogens is 2. The van der Waals surface area contributed by atoms with Crippen molar-refractivity contribution in [2.45, 2.75) is 32.7 Å². The van der Waals surface area contributed by atoms with Crippen LogP contribution in [0.5, 0.6) is 0 Å². The van der Waals surface area contributed by atoms with E-state index in [1.807, 2.05) is 0 Å². The fourth-order valence-electron chi connectivity index (χ4n) is 1.87. The molecular formula is C9H11LiN2O2. The predicted octanol–water partition coefficient (Wildman–Crippen LogP) is -3.10. The van der Waals surface area contributed by atoms with E-state index in [2.05, 4.69) is 4.98 Å². The van der Waals surface area contributed by atoms with Gasteiger partial charge in [-0.1, -0.05) is 0 Å². The molecule has 0 spiro atoms. The Balaban J connectivity index is 0.000000980. The molecule has 0 N–H and O–H groups in total. The fourth-order valence-corrected chi connectivity index (χ4v) is 1.87. The van der Waals surface area contributed by atoms with Crippen LogP contribution in [-0.2, 0) is 13.0 Å². The number of aryl methyl sites for hydroxylation is 2. The van der Waals surface area contributed by atoms with Crippen molar-refractivity contribution in [3.8, 4) is 0 Å². The molecule has 0 aliphatic carbocycles. The molecule has 2 rings (SSSR count). The molecule has 0 aromatic carbocycles. The molecule has 1 aliphatic rings. The SMILES string of the molecule is Cc1nc2n(c1C(=O)[O-])CCCC2.[Li+]. The molecule has 14 heavy (non-hydrogen) atoms. The quantitative estimate of drug-likeness (QED) is 0.436. The smallest absolute Gasteiger partial charge is 0.543 e. The van der Waals surface area contributed by atoms with Gasteiger partial charge in [-0.3, -0.25) is 0 Å². The summed E-state index contributed by atoms with van der Waals surface area (Å²) in [6.07, 6.45) is 3.01. The molecule has 4 nitrogen and oxygen atoms in total. The average Bonchev–Trinajstić information content (AvgIpc) is 2.39. The summed E-state index contributed by atoms with van der Waals surface area (Å²) in [4.78, 5) is 15.0. The monoisotopic (exact) mass is 186 g/mol. The molecular weight excluding hydrogens is 175 g/mol. The molecule has 2 heterocycles. The van der Waals surface area contributed by atoms with Crippen molar-refractivity contribution >= 4 is 5.97 Å². The minimum atomic E-state index is -1.11. The van der Waals surface area contributed by atoms with Crippen LogP contribution in [0, 0.1) is 6.92 Å². The van der Waals surface area contributed by atoms with Gasteiger partial charge in [-0.15, -0.1) is 0 Å². The van der Waals surface area contributed by atoms with Gasteiger partial charge in [0.15, 0.2) is 0 Å². The number of carboxylic acids is 1. The van der Waals surface area contributed by atoms with Gasteiger partial charge in [0.25, 0.3) is 0 Å². The summed E-state index contributed by atoms with van der Waals surface area (Å²) in [6, 6.07) is 0. The fraction of sp³-hybridized carbons (Fsp3) is 0.556. The third-order valence-electron chi connectivity index (χ3n) is 2.45. The summed E-state index contributed by atoms with van der Waals surface area (Å²) < 4.78 is 1.77. The normalized spacial score (nSPS) is 14.4. The van der Waals surface area contributed by atoms with Crippen LogP contribution >= 0.6 is 0 Å². The second-order valence-electron chi connectivity index (χ2n) is 3.36. The molecule has 0 saturated heterocycles. The maximum absolute atomic E-state index is 10.8. The van der Waals surface area contributed by atoms with Gasteiger partial charge in [0.05, 0.1) is 17.4 Å². The molecule has 0 unspecified atom stereocenters. The van der Waals surface area contributed by atoms with Gasteiger partial charge in [0.1, 0.15) is 5.82 Å². The molecule has 0 bridgehead atoms. The number of aromatic carboxylic acids is 1. The van der Waals surface area contributed by atoms with Crippen LogP contribution in [-0.4, -0.2) is 15.5 Å². The maximum Gasteiger partial charge on any atom is 1.00 e. The first-order chi connectivity index (χ1) is 6.20. The Bertz CT molecular complexity index is 360. The summed E-state index contributed by atoms with van der Waals surface area (Å²) >= 11 is 0. The average molecular weight is 186 g/mol. The van der Waals surface area contributed by atoms with Crippen molar-refractivity contribution in [2.24, 2.45) is 0 Å². The Morgan fingerprint density at radius 2 is 2.21 bits per heavy atom. The first kappa shape index (κ1) is 11.4. The van der Waals surface area contributed by atoms with Crippen molar-refractivity contribution in [3.63, 3.8) is 0 Å². The molecule has 5 heteroatoms. The molecule has 1 aliphatic heterocycles. The Morgan fingerprint density at radius 1 is 1.50 bits per heavy atom. The standard InChI is InChI=1S/C9H12N2O2.Li/c1-6-8(9(12)13)11-5-3-2-4-7(11)10-6;/h2-5H2,1H3,(H,12,13);/q;+1/p-1. The van der Waals surface area contributed by atoms with E-state index >= 15 is 0 Å². The third-order valence-corrected chi connectivity index (χ3v) is 2.45. The van der Waals surface area contributed by atoms with E-state index in [0.29, 0.717) is 5.69 Å². The van der Waals surface area contributed by atoms with Crippen LogP contribution in [0.25, 0.3) is 0 Å². The minimum Gasteiger partial charge on any atom is -0.543 e. The Labute approximate surface area is 94.5 Å². The van der Waals surface area contributed by atoms with Crippen molar-refractivity contribution in [3.05, 3.63) is 17.2 Å². The first-order valence-electron chi connectivity index (χ1n) is 4.47. The van der Waals surface area contributed by atoms with Gasteiger partial charge >= 0.3 is 18.9 Å². The molecule has 0 saturated carbocycles. The van der Waals surface area contributed by atoms with E-state index in [1.54, 1.807) is 11.5 Å². The zero-order valence-corrected chi connectivity index (χ0v) is 8.54. The topological polar surface area (TPSA) is 58.0 Å². The van der Waals surface area contributed by atoms with Crippen LogP contribution in [0.4, 0.5) is 0 Å². The van der Waals surface area contributed by atoms with Gasteiger partial charge in [-0.25, -0.2) is 4.98 Å². The predicted molar refractivity (Wildman–Crippen MR) is 44.2 cm³/mol. The Morgan fingerprint density at radius 3 is 2.86 bits per heavy atom. The number of carboxylic acid groups (broad SMARTS) is 1. The summed E-state index contributed by atoms with van der Waals surface area (Å²) in [5.41, 5.74) is 0.839. The van der Waals surface area contributed by atoms with Gasteiger partial charge < -0.3 is 14.5 Å². The Hall–Kier alpha value is -0.723. The van der Waals surface area contributed by atoms with E-state index in [1.165, 1.54) is 0 Å². The van der Waals surface area contributed by atoms with E-state index in [0.717, 1.165) is 31.6 Å². The number of carbonyl (C=O) groups is 1. The summed E-state index contributed by atoms with van der Waals surface area (Å²) in [5, 5.41) is 10.8. The van der Waals surface area contributed by atoms with Crippen molar-refractivity contribution in [1.82, 2.24) is 9.55 Å². The third kappa shape index (κ3) is 1.73. The molecule has 0 atom stereocenters. The number of nitrogens with zero attached hydrogens (tertiary/aromatic N) is 2. The van der Waals surface area contributed by atoms with Crippen LogP contribution in [0.3, 0.4) is 0 Å². The van der Waals surface area contributed by atoms with Crippen LogP contribution in [0.15, 0.2) is 0 Å². The number of hydrogen-bond donors (Lipinski definition) is 0. The molecule has 0 fully saturated rings. The maximum atomic E-state index is 10.8. The zero-order valence-electron chi connectivity index (χ0n) is 8.54. The Kier molecular flexibility index (Phi) is 3.41. The summed E-state index contributed by atoms with van der Waals surface area (Å²) in [6.45, 7) is 2.48. The van der Waals surface area contributed by atoms with Crippen LogP contribution in [0.1, 0.15) is 34.8 Å². The zero-order chi connectivity index (χ0) is 9.42. The first-order valence-corrected chi connectivity index (χ1v) is 4.47. The van der Waals surface area contributed by atoms with Crippen molar-refractivity contribution in [1.29, 1.82) is 0 Å². The second kappa shape index (κ2) is 4.20. The number of fused-ring (bicyclic) bond motifs is 1. The van der Waals surface area contributed by atoms with Crippen LogP contribution in [0.2, 0.25) is 0 Å². The molecule has 1 aromatic heterocycles. The van der Waals surface area contributed by atoms with Crippen molar-refractivity contribution < 1.29 is 28.8 Å². The van der Waals surface area contributed by atoms with Crippen molar-refractivity contribution in [2.75, 3.05) is 0 Å². The molecule has 0 radical (unpaired) electrons. The van der Waals surface area contributed by atoms with E-state index in [4.69, 9.17) is 0 Å². The van der Waals surface area contributed by atoms with Gasteiger partial charge in [0, 0.05) is 13.0 Å². The van der Waals surface area contributed by atoms with Gasteiger partial charge in [-0.05, 0) is 19.8 Å². The molecule has 70 valence electrons. The largest absolute Gasteiger partial charge is 1.00 e. The molecule has 0 amide bonds. The number of rotatable bonds is 1. The molecule has 1 aromatic rings. The van der Waals surface area contributed by atoms with E-state index in [9.17, 15) is 9.90 Å². The minimum absolute atomic E-state index is 0. The number of hydrogen-bond acceptors (Lipinski definition) is 3. The van der Waals surface area contributed by atoms with Gasteiger partial charge in [0.2, 0.25) is 0 Å². The number of carbonyl (C=O) groups excluding carboxylic acids is 1. The van der Waals surface area contributed by atoms with Gasteiger partial charge in [-0.2, -0.15) is 0 Å².